The first-order valence-corrected chi connectivity index (χ1v) is 5.93. The van der Waals surface area contributed by atoms with Crippen molar-refractivity contribution in [3.8, 4) is 11.5 Å². The molecule has 0 aromatic heterocycles. The summed E-state index contributed by atoms with van der Waals surface area (Å²) in [6, 6.07) is 2.39. The molecule has 2 N–H and O–H groups in total. The lowest BCUT2D eigenvalue weighted by molar-refractivity contribution is -0.139. The molecule has 1 saturated carbocycles. The van der Waals surface area contributed by atoms with Crippen molar-refractivity contribution >= 4 is 17.6 Å². The minimum atomic E-state index is -1.00. The molecule has 0 bridgehead atoms. The summed E-state index contributed by atoms with van der Waals surface area (Å²) in [5, 5.41) is 11.2. The van der Waals surface area contributed by atoms with Crippen LogP contribution < -0.4 is 14.8 Å². The van der Waals surface area contributed by atoms with Gasteiger partial charge in [0.15, 0.2) is 11.6 Å². The molecule has 0 unspecified atom stereocenters. The number of carbonyl (C=O) groups excluding carboxylic acids is 1. The smallest absolute Gasteiger partial charge is 0.307 e. The predicted molar refractivity (Wildman–Crippen MR) is 67.4 cm³/mol. The van der Waals surface area contributed by atoms with Crippen molar-refractivity contribution in [3.05, 3.63) is 17.9 Å². The summed E-state index contributed by atoms with van der Waals surface area (Å²) in [5.74, 6) is -3.11. The van der Waals surface area contributed by atoms with Crippen molar-refractivity contribution in [2.45, 2.75) is 6.42 Å². The monoisotopic (exact) mass is 283 g/mol. The van der Waals surface area contributed by atoms with E-state index in [1.165, 1.54) is 20.3 Å². The summed E-state index contributed by atoms with van der Waals surface area (Å²) >= 11 is 0. The Morgan fingerprint density at radius 3 is 2.40 bits per heavy atom. The fourth-order valence-corrected chi connectivity index (χ4v) is 1.94. The van der Waals surface area contributed by atoms with E-state index in [0.717, 1.165) is 6.07 Å². The number of aliphatic carboxylic acids is 1. The van der Waals surface area contributed by atoms with E-state index in [1.807, 2.05) is 0 Å². The van der Waals surface area contributed by atoms with Crippen LogP contribution in [0.2, 0.25) is 0 Å². The molecular weight excluding hydrogens is 269 g/mol. The molecule has 0 heterocycles. The molecule has 1 amide bonds. The third kappa shape index (κ3) is 2.66. The van der Waals surface area contributed by atoms with Gasteiger partial charge in [0.05, 0.1) is 31.7 Å². The summed E-state index contributed by atoms with van der Waals surface area (Å²) in [4.78, 5) is 22.5. The van der Waals surface area contributed by atoms with Gasteiger partial charge in [-0.2, -0.15) is 0 Å². The number of ether oxygens (including phenoxy) is 2. The molecule has 0 radical (unpaired) electrons. The Labute approximate surface area is 114 Å². The van der Waals surface area contributed by atoms with Gasteiger partial charge < -0.3 is 19.9 Å². The number of carboxylic acid groups (broad SMARTS) is 1. The van der Waals surface area contributed by atoms with Crippen molar-refractivity contribution < 1.29 is 28.6 Å². The quantitative estimate of drug-likeness (QED) is 0.855. The number of carboxylic acids is 1. The number of carbonyl (C=O) groups is 2. The first-order valence-electron chi connectivity index (χ1n) is 5.93. The molecule has 7 heteroatoms. The van der Waals surface area contributed by atoms with Crippen LogP contribution in [-0.2, 0) is 9.59 Å². The molecule has 1 aromatic rings. The molecule has 1 aliphatic carbocycles. The first-order chi connectivity index (χ1) is 9.47. The van der Waals surface area contributed by atoms with Crippen LogP contribution in [-0.4, -0.2) is 31.2 Å². The van der Waals surface area contributed by atoms with E-state index in [1.54, 1.807) is 0 Å². The maximum Gasteiger partial charge on any atom is 0.307 e. The zero-order valence-corrected chi connectivity index (χ0v) is 11.0. The van der Waals surface area contributed by atoms with E-state index in [4.69, 9.17) is 14.6 Å². The molecule has 0 spiro atoms. The lowest BCUT2D eigenvalue weighted by Gasteiger charge is -2.12. The van der Waals surface area contributed by atoms with E-state index in [2.05, 4.69) is 5.32 Å². The molecule has 2 atom stereocenters. The molecule has 1 aliphatic rings. The van der Waals surface area contributed by atoms with Crippen molar-refractivity contribution in [2.24, 2.45) is 11.8 Å². The van der Waals surface area contributed by atoms with Crippen LogP contribution >= 0.6 is 0 Å². The lowest BCUT2D eigenvalue weighted by atomic mass is 10.2. The second kappa shape index (κ2) is 5.36. The van der Waals surface area contributed by atoms with Crippen LogP contribution in [0.25, 0.3) is 0 Å². The Morgan fingerprint density at radius 1 is 1.25 bits per heavy atom. The number of hydrogen-bond donors (Lipinski definition) is 2. The highest BCUT2D eigenvalue weighted by atomic mass is 19.1. The number of methoxy groups -OCH3 is 2. The normalized spacial score (nSPS) is 20.1. The van der Waals surface area contributed by atoms with Crippen LogP contribution in [0.4, 0.5) is 10.1 Å². The Balaban J connectivity index is 2.15. The number of benzene rings is 1. The van der Waals surface area contributed by atoms with E-state index < -0.39 is 29.5 Å². The molecular formula is C13H14FNO5. The number of rotatable bonds is 5. The van der Waals surface area contributed by atoms with E-state index in [0.29, 0.717) is 6.42 Å². The Morgan fingerprint density at radius 2 is 1.90 bits per heavy atom. The van der Waals surface area contributed by atoms with Crippen molar-refractivity contribution in [3.63, 3.8) is 0 Å². The summed E-state index contributed by atoms with van der Waals surface area (Å²) in [7, 11) is 2.69. The first kappa shape index (κ1) is 14.1. The molecule has 1 fully saturated rings. The zero-order valence-electron chi connectivity index (χ0n) is 11.0. The molecule has 1 aromatic carbocycles. The minimum Gasteiger partial charge on any atom is -0.494 e. The van der Waals surface area contributed by atoms with Gasteiger partial charge in [-0.25, -0.2) is 4.39 Å². The van der Waals surface area contributed by atoms with Crippen LogP contribution in [0.3, 0.4) is 0 Å². The standard InChI is InChI=1S/C13H14FNO5/c1-19-10-5-11(20-2)9(4-8(10)14)15-12(16)6-3-7(6)13(17)18/h4-7H,3H2,1-2H3,(H,15,16)(H,17,18)/t6-,7+/m0/s1. The number of halogens is 1. The van der Waals surface area contributed by atoms with Gasteiger partial charge in [0.2, 0.25) is 5.91 Å². The molecule has 0 aliphatic heterocycles. The third-order valence-corrected chi connectivity index (χ3v) is 3.18. The van der Waals surface area contributed by atoms with Gasteiger partial charge in [-0.05, 0) is 6.42 Å². The zero-order chi connectivity index (χ0) is 14.9. The van der Waals surface area contributed by atoms with E-state index in [9.17, 15) is 14.0 Å². The fourth-order valence-electron chi connectivity index (χ4n) is 1.94. The fraction of sp³-hybridized carbons (Fsp3) is 0.385. The minimum absolute atomic E-state index is 0.00492. The predicted octanol–water partition coefficient (Wildman–Crippen LogP) is 1.50. The average Bonchev–Trinajstić information content (AvgIpc) is 3.19. The molecule has 20 heavy (non-hydrogen) atoms. The topological polar surface area (TPSA) is 84.9 Å². The van der Waals surface area contributed by atoms with Gasteiger partial charge in [-0.1, -0.05) is 0 Å². The van der Waals surface area contributed by atoms with Gasteiger partial charge in [0.1, 0.15) is 5.75 Å². The van der Waals surface area contributed by atoms with E-state index >= 15 is 0 Å². The van der Waals surface area contributed by atoms with Gasteiger partial charge in [0, 0.05) is 12.1 Å². The van der Waals surface area contributed by atoms with Crippen LogP contribution in [0.1, 0.15) is 6.42 Å². The Bertz CT molecular complexity index is 560. The van der Waals surface area contributed by atoms with Crippen LogP contribution in [0.15, 0.2) is 12.1 Å². The van der Waals surface area contributed by atoms with E-state index in [-0.39, 0.29) is 17.2 Å². The lowest BCUT2D eigenvalue weighted by Crippen LogP contribution is -2.17. The van der Waals surface area contributed by atoms with Gasteiger partial charge in [-0.15, -0.1) is 0 Å². The molecule has 2 rings (SSSR count). The van der Waals surface area contributed by atoms with Gasteiger partial charge in [0.25, 0.3) is 0 Å². The average molecular weight is 283 g/mol. The van der Waals surface area contributed by atoms with Crippen LogP contribution in [0.5, 0.6) is 11.5 Å². The Hall–Kier alpha value is -2.31. The maximum atomic E-state index is 13.6. The van der Waals surface area contributed by atoms with Crippen molar-refractivity contribution in [2.75, 3.05) is 19.5 Å². The third-order valence-electron chi connectivity index (χ3n) is 3.18. The van der Waals surface area contributed by atoms with Crippen LogP contribution in [0, 0.1) is 17.7 Å². The number of amides is 1. The second-order valence-corrected chi connectivity index (χ2v) is 4.46. The number of hydrogen-bond acceptors (Lipinski definition) is 4. The van der Waals surface area contributed by atoms with Crippen molar-refractivity contribution in [1.29, 1.82) is 0 Å². The summed E-state index contributed by atoms with van der Waals surface area (Å²) < 4.78 is 23.5. The maximum absolute atomic E-state index is 13.6. The number of anilines is 1. The highest BCUT2D eigenvalue weighted by Crippen LogP contribution is 2.40. The summed E-state index contributed by atoms with van der Waals surface area (Å²) in [6.45, 7) is 0. The molecule has 6 nitrogen and oxygen atoms in total. The highest BCUT2D eigenvalue weighted by molar-refractivity contribution is 5.99. The van der Waals surface area contributed by atoms with Crippen molar-refractivity contribution in [1.82, 2.24) is 0 Å². The Kier molecular flexibility index (Phi) is 3.78. The molecule has 0 saturated heterocycles. The molecule has 108 valence electrons. The summed E-state index contributed by atoms with van der Waals surface area (Å²) in [6.07, 6.45) is 0.294. The summed E-state index contributed by atoms with van der Waals surface area (Å²) in [5.41, 5.74) is 0.145. The second-order valence-electron chi connectivity index (χ2n) is 4.46. The highest BCUT2D eigenvalue weighted by Gasteiger charge is 2.48. The van der Waals surface area contributed by atoms with Gasteiger partial charge in [-0.3, -0.25) is 9.59 Å². The number of nitrogens with one attached hydrogen (secondary N) is 1. The largest absolute Gasteiger partial charge is 0.494 e. The van der Waals surface area contributed by atoms with Gasteiger partial charge >= 0.3 is 5.97 Å². The SMILES string of the molecule is COc1cc(OC)c(NC(=O)[C@H]2C[C@H]2C(=O)O)cc1F.